The summed E-state index contributed by atoms with van der Waals surface area (Å²) in [6.07, 6.45) is -12.6. The lowest BCUT2D eigenvalue weighted by Crippen LogP contribution is -2.57. The van der Waals surface area contributed by atoms with Crippen LogP contribution in [0.2, 0.25) is 0 Å². The van der Waals surface area contributed by atoms with Crippen molar-refractivity contribution >= 4 is 28.3 Å². The molecule has 1 aromatic heterocycles. The van der Waals surface area contributed by atoms with E-state index in [0.717, 1.165) is 16.8 Å². The van der Waals surface area contributed by atoms with Gasteiger partial charge in [-0.2, -0.15) is 12.6 Å². The normalized spacial score (nSPS) is 38.4. The first-order chi connectivity index (χ1) is 16.7. The van der Waals surface area contributed by atoms with Gasteiger partial charge in [-0.15, -0.1) is 0 Å². The lowest BCUT2D eigenvalue weighted by atomic mass is 10.0. The molecule has 21 heteroatoms. The second kappa shape index (κ2) is 11.4. The van der Waals surface area contributed by atoms with Gasteiger partial charge >= 0.3 is 13.5 Å². The minimum atomic E-state index is -5.77. The van der Waals surface area contributed by atoms with Crippen molar-refractivity contribution in [2.75, 3.05) is 13.2 Å². The van der Waals surface area contributed by atoms with Gasteiger partial charge in [0.2, 0.25) is 0 Å². The largest absolute Gasteiger partial charge is 0.756 e. The standard InChI is InChI=1S/C15H24N2O16P2S/c18-3-5-9(21)12(36)11(23)14(31-5)32-35(27,28)33-34(25,26)29-4-6-8(20)10(22)13(30-6)17-2-1-7(19)16-15(17)24/h1-2,5-6,8-14,18,20-23,36H,3-4H2,(H,25,26)(H,27,28)(H,16,19,24)/p-1/t5?,6-,8+,9+,10?,11?,12+,13-,14+/m1/s1. The fraction of sp³-hybridized carbons (Fsp3) is 0.733. The number of rotatable bonds is 9. The van der Waals surface area contributed by atoms with Crippen LogP contribution in [-0.2, 0) is 32.0 Å². The van der Waals surface area contributed by atoms with Gasteiger partial charge in [0.25, 0.3) is 13.4 Å². The Morgan fingerprint density at radius 3 is 2.36 bits per heavy atom. The maximum atomic E-state index is 12.1. The third-order valence-electron chi connectivity index (χ3n) is 5.15. The fourth-order valence-corrected chi connectivity index (χ4v) is 5.79. The third kappa shape index (κ3) is 6.71. The Bertz CT molecular complexity index is 1130. The molecule has 0 spiro atoms. The minimum absolute atomic E-state index is 0.727. The number of ether oxygens (including phenoxy) is 2. The SMILES string of the molecule is O=c1ccn([C@@H]2O[C@H](COP(=O)(O)OP(=O)([O-])O[C@@H]3OC(CO)[C@H](O)[C@H](S)C3O)[C@H](O)C2O)c(=O)[nH]1. The Labute approximate surface area is 206 Å². The van der Waals surface area contributed by atoms with E-state index in [1.807, 2.05) is 4.98 Å². The summed E-state index contributed by atoms with van der Waals surface area (Å²) in [5.41, 5.74) is -1.74. The average Bonchev–Trinajstić information content (AvgIpc) is 3.06. The Morgan fingerprint density at radius 2 is 1.75 bits per heavy atom. The summed E-state index contributed by atoms with van der Waals surface area (Å²) in [4.78, 5) is 46.8. The van der Waals surface area contributed by atoms with E-state index >= 15 is 0 Å². The number of H-pyrrole nitrogens is 1. The van der Waals surface area contributed by atoms with Crippen LogP contribution in [0, 0.1) is 0 Å². The van der Waals surface area contributed by atoms with Crippen LogP contribution in [0.5, 0.6) is 0 Å². The van der Waals surface area contributed by atoms with Crippen LogP contribution in [0.4, 0.5) is 0 Å². The molecular formula is C15H23N2O16P2S-. The Kier molecular flexibility index (Phi) is 9.36. The van der Waals surface area contributed by atoms with Crippen LogP contribution in [0.15, 0.2) is 21.9 Å². The van der Waals surface area contributed by atoms with Crippen molar-refractivity contribution in [2.24, 2.45) is 0 Å². The van der Waals surface area contributed by atoms with Crippen LogP contribution >= 0.6 is 28.3 Å². The molecule has 36 heavy (non-hydrogen) atoms. The number of aliphatic hydroxyl groups is 5. The molecule has 7 N–H and O–H groups in total. The van der Waals surface area contributed by atoms with Crippen molar-refractivity contribution in [1.29, 1.82) is 0 Å². The molecule has 0 radical (unpaired) electrons. The zero-order valence-electron chi connectivity index (χ0n) is 17.8. The van der Waals surface area contributed by atoms with Crippen molar-refractivity contribution in [3.05, 3.63) is 33.1 Å². The molecule has 2 fully saturated rings. The Balaban J connectivity index is 1.61. The number of thiol groups is 1. The van der Waals surface area contributed by atoms with Crippen LogP contribution in [0.25, 0.3) is 0 Å². The molecule has 0 aromatic carbocycles. The van der Waals surface area contributed by atoms with Crippen LogP contribution in [-0.4, -0.2) is 101 Å². The second-order valence-corrected chi connectivity index (χ2v) is 11.2. The first-order valence-electron chi connectivity index (χ1n) is 9.97. The monoisotopic (exact) mass is 581 g/mol. The smallest absolute Gasteiger partial charge is 0.478 e. The van der Waals surface area contributed by atoms with Gasteiger partial charge in [-0.1, -0.05) is 0 Å². The maximum absolute atomic E-state index is 12.1. The van der Waals surface area contributed by atoms with Crippen LogP contribution < -0.4 is 16.1 Å². The second-order valence-electron chi connectivity index (χ2n) is 7.66. The molecule has 0 amide bonds. The number of hydrogen-bond acceptors (Lipinski definition) is 16. The zero-order valence-corrected chi connectivity index (χ0v) is 20.5. The highest BCUT2D eigenvalue weighted by atomic mass is 32.1. The van der Waals surface area contributed by atoms with E-state index in [4.69, 9.17) is 9.47 Å². The molecule has 0 saturated carbocycles. The van der Waals surface area contributed by atoms with Crippen molar-refractivity contribution in [2.45, 2.75) is 54.4 Å². The molecule has 11 atom stereocenters. The first kappa shape index (κ1) is 29.6. The molecule has 5 unspecified atom stereocenters. The first-order valence-corrected chi connectivity index (χ1v) is 13.4. The number of aromatic nitrogens is 2. The molecule has 2 aliphatic heterocycles. The van der Waals surface area contributed by atoms with E-state index in [9.17, 15) is 54.0 Å². The number of hydrogen-bond donors (Lipinski definition) is 8. The molecule has 18 nitrogen and oxygen atoms in total. The molecule has 2 saturated heterocycles. The van der Waals surface area contributed by atoms with Crippen molar-refractivity contribution < 1.29 is 67.3 Å². The van der Waals surface area contributed by atoms with Gasteiger partial charge in [-0.05, 0) is 0 Å². The molecule has 3 heterocycles. The van der Waals surface area contributed by atoms with E-state index in [1.54, 1.807) is 0 Å². The van der Waals surface area contributed by atoms with Crippen molar-refractivity contribution in [3.63, 3.8) is 0 Å². The van der Waals surface area contributed by atoms with E-state index in [2.05, 4.69) is 26.0 Å². The number of phosphoric acid groups is 2. The predicted molar refractivity (Wildman–Crippen MR) is 113 cm³/mol. The number of aromatic amines is 1. The zero-order chi connectivity index (χ0) is 27.0. The minimum Gasteiger partial charge on any atom is -0.756 e. The molecule has 3 rings (SSSR count). The van der Waals surface area contributed by atoms with E-state index in [0.29, 0.717) is 0 Å². The molecule has 0 aliphatic carbocycles. The van der Waals surface area contributed by atoms with Gasteiger partial charge in [0, 0.05) is 12.3 Å². The molecule has 206 valence electrons. The van der Waals surface area contributed by atoms with Gasteiger partial charge in [0.15, 0.2) is 12.5 Å². The highest BCUT2D eigenvalue weighted by Gasteiger charge is 2.47. The highest BCUT2D eigenvalue weighted by Crippen LogP contribution is 2.59. The number of phosphoric ester groups is 2. The van der Waals surface area contributed by atoms with Gasteiger partial charge in [-0.3, -0.25) is 28.0 Å². The molecule has 1 aromatic rings. The summed E-state index contributed by atoms with van der Waals surface area (Å²) in [5.74, 6) is 0. The van der Waals surface area contributed by atoms with Gasteiger partial charge in [0.05, 0.1) is 24.6 Å². The number of nitrogens with zero attached hydrogens (tertiary/aromatic N) is 1. The summed E-state index contributed by atoms with van der Waals surface area (Å²) in [7, 11) is -11.3. The highest BCUT2D eigenvalue weighted by molar-refractivity contribution is 7.81. The van der Waals surface area contributed by atoms with Crippen molar-refractivity contribution in [1.82, 2.24) is 9.55 Å². The van der Waals surface area contributed by atoms with Gasteiger partial charge < -0.3 is 44.8 Å². The summed E-state index contributed by atoms with van der Waals surface area (Å²) < 4.78 is 48.0. The average molecular weight is 581 g/mol. The molecular weight excluding hydrogens is 558 g/mol. The summed E-state index contributed by atoms with van der Waals surface area (Å²) >= 11 is 3.87. The van der Waals surface area contributed by atoms with Gasteiger partial charge in [0.1, 0.15) is 30.5 Å². The van der Waals surface area contributed by atoms with Crippen molar-refractivity contribution in [3.8, 4) is 0 Å². The lowest BCUT2D eigenvalue weighted by Gasteiger charge is -2.41. The van der Waals surface area contributed by atoms with Crippen LogP contribution in [0.1, 0.15) is 6.23 Å². The van der Waals surface area contributed by atoms with Gasteiger partial charge in [-0.25, -0.2) is 13.7 Å². The van der Waals surface area contributed by atoms with E-state index in [1.165, 1.54) is 0 Å². The summed E-state index contributed by atoms with van der Waals surface area (Å²) in [5, 5.41) is 47.9. The maximum Gasteiger partial charge on any atom is 0.478 e. The Morgan fingerprint density at radius 1 is 1.08 bits per heavy atom. The molecule has 0 bridgehead atoms. The number of aliphatic hydroxyl groups excluding tert-OH is 5. The van der Waals surface area contributed by atoms with Crippen LogP contribution in [0.3, 0.4) is 0 Å². The fourth-order valence-electron chi connectivity index (χ4n) is 3.34. The topological polar surface area (TPSA) is 280 Å². The summed E-state index contributed by atoms with van der Waals surface area (Å²) in [6.45, 7) is -1.83. The summed E-state index contributed by atoms with van der Waals surface area (Å²) in [6, 6.07) is 0.932. The lowest BCUT2D eigenvalue weighted by molar-refractivity contribution is -0.278. The van der Waals surface area contributed by atoms with E-state index < -0.39 is 94.5 Å². The predicted octanol–water partition coefficient (Wildman–Crippen LogP) is -4.49. The quantitative estimate of drug-likeness (QED) is 0.101. The Hall–Kier alpha value is -0.990. The number of nitrogens with one attached hydrogen (secondary N) is 1. The third-order valence-corrected chi connectivity index (χ3v) is 8.33. The molecule has 2 aliphatic rings. The van der Waals surface area contributed by atoms with E-state index in [-0.39, 0.29) is 0 Å².